The number of nitrogens with one attached hydrogen (secondary N) is 1. The Balaban J connectivity index is 3.72. The van der Waals surface area contributed by atoms with E-state index in [0.29, 0.717) is 31.7 Å². The van der Waals surface area contributed by atoms with Crippen LogP contribution >= 0.6 is 0 Å². The first kappa shape index (κ1) is 17.8. The summed E-state index contributed by atoms with van der Waals surface area (Å²) in [6.07, 6.45) is 1.91. The minimum Gasteiger partial charge on any atom is -0.389 e. The normalized spacial score (nSPS) is 16.8. The largest absolute Gasteiger partial charge is 0.389 e. The summed E-state index contributed by atoms with van der Waals surface area (Å²) in [5.74, 6) is 0.672. The number of hydrogen-bond donors (Lipinski definition) is 2. The Hall–Kier alpha value is -0.160. The van der Waals surface area contributed by atoms with Gasteiger partial charge in [-0.15, -0.1) is 0 Å². The lowest BCUT2D eigenvalue weighted by Gasteiger charge is -2.24. The van der Waals surface area contributed by atoms with Crippen molar-refractivity contribution in [3.63, 3.8) is 0 Å². The molecule has 0 saturated heterocycles. The Morgan fingerprint density at radius 3 is 2.22 bits per heavy atom. The van der Waals surface area contributed by atoms with Crippen molar-refractivity contribution >= 4 is 0 Å². The van der Waals surface area contributed by atoms with Gasteiger partial charge < -0.3 is 19.9 Å². The van der Waals surface area contributed by atoms with E-state index in [0.717, 1.165) is 0 Å². The van der Waals surface area contributed by atoms with Crippen molar-refractivity contribution in [3.8, 4) is 0 Å². The fraction of sp³-hybridized carbons (Fsp3) is 1.00. The Bertz CT molecular complexity index is 186. The molecule has 0 bridgehead atoms. The third-order valence-corrected chi connectivity index (χ3v) is 3.41. The zero-order chi connectivity index (χ0) is 14.0. The second-order valence-corrected chi connectivity index (χ2v) is 5.03. The molecular formula is C14H31NO3. The zero-order valence-corrected chi connectivity index (χ0v) is 12.6. The highest BCUT2D eigenvalue weighted by atomic mass is 16.5. The minimum absolute atomic E-state index is 0.0288. The van der Waals surface area contributed by atoms with E-state index < -0.39 is 6.10 Å². The second kappa shape index (κ2) is 10.7. The Morgan fingerprint density at radius 1 is 1.11 bits per heavy atom. The average molecular weight is 261 g/mol. The van der Waals surface area contributed by atoms with Crippen LogP contribution in [-0.2, 0) is 9.47 Å². The van der Waals surface area contributed by atoms with Gasteiger partial charge in [0.05, 0.1) is 25.4 Å². The van der Waals surface area contributed by atoms with E-state index in [-0.39, 0.29) is 6.10 Å². The van der Waals surface area contributed by atoms with Gasteiger partial charge in [-0.25, -0.2) is 0 Å². The van der Waals surface area contributed by atoms with Crippen LogP contribution in [0, 0.1) is 5.92 Å². The van der Waals surface area contributed by atoms with Crippen LogP contribution in [0.15, 0.2) is 0 Å². The van der Waals surface area contributed by atoms with Crippen LogP contribution in [0.5, 0.6) is 0 Å². The van der Waals surface area contributed by atoms with Gasteiger partial charge in [0.2, 0.25) is 0 Å². The molecule has 4 nitrogen and oxygen atoms in total. The summed E-state index contributed by atoms with van der Waals surface area (Å²) in [6.45, 7) is 10.0. The van der Waals surface area contributed by atoms with Gasteiger partial charge >= 0.3 is 0 Å². The van der Waals surface area contributed by atoms with Crippen LogP contribution in [0.25, 0.3) is 0 Å². The number of aliphatic hydroxyl groups is 1. The highest BCUT2D eigenvalue weighted by Gasteiger charge is 2.15. The number of rotatable bonds is 11. The summed E-state index contributed by atoms with van der Waals surface area (Å²) in [6, 6.07) is 0.436. The third kappa shape index (κ3) is 8.03. The van der Waals surface area contributed by atoms with Gasteiger partial charge in [-0.3, -0.25) is 0 Å². The maximum Gasteiger partial charge on any atom is 0.0897 e. The first-order chi connectivity index (χ1) is 8.54. The van der Waals surface area contributed by atoms with Crippen LogP contribution in [0.1, 0.15) is 40.5 Å². The van der Waals surface area contributed by atoms with E-state index in [4.69, 9.17) is 9.47 Å². The van der Waals surface area contributed by atoms with Gasteiger partial charge in [-0.2, -0.15) is 0 Å². The molecule has 0 aliphatic carbocycles. The van der Waals surface area contributed by atoms with Crippen molar-refractivity contribution in [3.05, 3.63) is 0 Å². The van der Waals surface area contributed by atoms with E-state index in [1.54, 1.807) is 7.11 Å². The third-order valence-electron chi connectivity index (χ3n) is 3.41. The molecule has 0 aliphatic heterocycles. The summed E-state index contributed by atoms with van der Waals surface area (Å²) in [7, 11) is 1.65. The van der Waals surface area contributed by atoms with Gasteiger partial charge in [0.1, 0.15) is 0 Å². The monoisotopic (exact) mass is 261 g/mol. The van der Waals surface area contributed by atoms with Crippen molar-refractivity contribution < 1.29 is 14.6 Å². The van der Waals surface area contributed by atoms with E-state index in [2.05, 4.69) is 26.1 Å². The van der Waals surface area contributed by atoms with Gasteiger partial charge in [-0.05, 0) is 19.8 Å². The summed E-state index contributed by atoms with van der Waals surface area (Å²) in [5, 5.41) is 13.2. The van der Waals surface area contributed by atoms with E-state index in [1.807, 2.05) is 6.92 Å². The van der Waals surface area contributed by atoms with Crippen LogP contribution in [0.3, 0.4) is 0 Å². The average Bonchev–Trinajstić information content (AvgIpc) is 2.35. The molecule has 0 saturated carbocycles. The summed E-state index contributed by atoms with van der Waals surface area (Å²) in [5.41, 5.74) is 0. The van der Waals surface area contributed by atoms with Gasteiger partial charge in [0.25, 0.3) is 0 Å². The highest BCUT2D eigenvalue weighted by Crippen LogP contribution is 2.12. The number of ether oxygens (including phenoxy) is 2. The van der Waals surface area contributed by atoms with Crippen molar-refractivity contribution in [2.45, 2.75) is 58.8 Å². The molecule has 18 heavy (non-hydrogen) atoms. The maximum absolute atomic E-state index is 9.81. The zero-order valence-electron chi connectivity index (χ0n) is 12.6. The minimum atomic E-state index is -0.457. The van der Waals surface area contributed by atoms with Crippen molar-refractivity contribution in [1.82, 2.24) is 5.32 Å². The predicted octanol–water partition coefficient (Wildman–Crippen LogP) is 1.81. The topological polar surface area (TPSA) is 50.7 Å². The molecule has 0 spiro atoms. The molecule has 0 fully saturated rings. The summed E-state index contributed by atoms with van der Waals surface area (Å²) < 4.78 is 10.4. The molecule has 0 rings (SSSR count). The molecule has 110 valence electrons. The quantitative estimate of drug-likeness (QED) is 0.595. The molecule has 0 heterocycles. The molecule has 0 aliphatic rings. The van der Waals surface area contributed by atoms with Crippen LogP contribution in [0.2, 0.25) is 0 Å². The number of hydrogen-bond acceptors (Lipinski definition) is 4. The molecule has 0 radical (unpaired) electrons. The molecule has 3 atom stereocenters. The standard InChI is InChI=1S/C14H31NO3/c1-6-13(7-2)12(4)15-8-14(16)10-18-11(3)9-17-5/h11-16H,6-10H2,1-5H3. The van der Waals surface area contributed by atoms with Crippen LogP contribution in [0.4, 0.5) is 0 Å². The first-order valence-corrected chi connectivity index (χ1v) is 7.07. The van der Waals surface area contributed by atoms with E-state index in [9.17, 15) is 5.11 Å². The van der Waals surface area contributed by atoms with Gasteiger partial charge in [-0.1, -0.05) is 26.7 Å². The Kier molecular flexibility index (Phi) is 10.6. The van der Waals surface area contributed by atoms with Crippen LogP contribution in [-0.4, -0.2) is 50.2 Å². The summed E-state index contributed by atoms with van der Waals surface area (Å²) in [4.78, 5) is 0. The lowest BCUT2D eigenvalue weighted by Crippen LogP contribution is -2.40. The molecular weight excluding hydrogens is 230 g/mol. The SMILES string of the molecule is CCC(CC)C(C)NCC(O)COC(C)COC. The fourth-order valence-corrected chi connectivity index (χ4v) is 2.10. The van der Waals surface area contributed by atoms with Crippen LogP contribution < -0.4 is 5.32 Å². The van der Waals surface area contributed by atoms with Crippen molar-refractivity contribution in [2.24, 2.45) is 5.92 Å². The maximum atomic E-state index is 9.81. The first-order valence-electron chi connectivity index (χ1n) is 7.07. The lowest BCUT2D eigenvalue weighted by molar-refractivity contribution is -0.0318. The lowest BCUT2D eigenvalue weighted by atomic mass is 9.95. The van der Waals surface area contributed by atoms with E-state index in [1.165, 1.54) is 12.8 Å². The molecule has 3 unspecified atom stereocenters. The van der Waals surface area contributed by atoms with E-state index >= 15 is 0 Å². The van der Waals surface area contributed by atoms with Gasteiger partial charge in [0, 0.05) is 19.7 Å². The summed E-state index contributed by atoms with van der Waals surface area (Å²) >= 11 is 0. The second-order valence-electron chi connectivity index (χ2n) is 5.03. The molecule has 0 aromatic heterocycles. The molecule has 4 heteroatoms. The highest BCUT2D eigenvalue weighted by molar-refractivity contribution is 4.72. The van der Waals surface area contributed by atoms with Gasteiger partial charge in [0.15, 0.2) is 0 Å². The Labute approximate surface area is 112 Å². The fourth-order valence-electron chi connectivity index (χ4n) is 2.10. The smallest absolute Gasteiger partial charge is 0.0897 e. The molecule has 2 N–H and O–H groups in total. The molecule has 0 aromatic rings. The molecule has 0 amide bonds. The number of methoxy groups -OCH3 is 1. The predicted molar refractivity (Wildman–Crippen MR) is 74.8 cm³/mol. The van der Waals surface area contributed by atoms with Crippen molar-refractivity contribution in [2.75, 3.05) is 26.9 Å². The molecule has 0 aromatic carbocycles. The Morgan fingerprint density at radius 2 is 1.72 bits per heavy atom. The van der Waals surface area contributed by atoms with Crippen molar-refractivity contribution in [1.29, 1.82) is 0 Å². The number of aliphatic hydroxyl groups excluding tert-OH is 1.